The smallest absolute Gasteiger partial charge is 0.410 e. The highest BCUT2D eigenvalue weighted by atomic mass is 127. The van der Waals surface area contributed by atoms with Crippen LogP contribution in [0.5, 0.6) is 0 Å². The van der Waals surface area contributed by atoms with Crippen LogP contribution in [-0.4, -0.2) is 35.4 Å². The summed E-state index contributed by atoms with van der Waals surface area (Å²) in [5.41, 5.74) is 4.32. The standard InChI is InChI=1S/C32H44F3IN2O3Si/c1-18(2)27-25-26(24-20(38-27)14-30(6,7)15-21(24)41-42(8,9)29(3,4)5)31(12-13-39-17-22(31)36)40-28(25)19-10-11-23(37-16-19)32(33,34)35/h10-11,16,18,21-22,28H,12-15,17H2,1-9H3/t21-,22?,28+,31?/m0/s1. The minimum absolute atomic E-state index is 0.00170. The summed E-state index contributed by atoms with van der Waals surface area (Å²) in [6.45, 7) is 21.3. The van der Waals surface area contributed by atoms with Crippen molar-refractivity contribution in [3.63, 3.8) is 0 Å². The zero-order valence-corrected chi connectivity index (χ0v) is 29.4. The molecule has 1 aliphatic carbocycles. The predicted molar refractivity (Wildman–Crippen MR) is 169 cm³/mol. The number of hydrogen-bond donors (Lipinski definition) is 0. The summed E-state index contributed by atoms with van der Waals surface area (Å²) in [5, 5.41) is 0.0241. The van der Waals surface area contributed by atoms with Gasteiger partial charge in [0.05, 0.1) is 16.6 Å². The second-order valence-electron chi connectivity index (χ2n) is 14.9. The third-order valence-corrected chi connectivity index (χ3v) is 15.5. The Bertz CT molecular complexity index is 1340. The molecule has 42 heavy (non-hydrogen) atoms. The van der Waals surface area contributed by atoms with Crippen molar-refractivity contribution in [3.05, 3.63) is 57.7 Å². The molecule has 4 atom stereocenters. The molecule has 1 saturated heterocycles. The van der Waals surface area contributed by atoms with Crippen LogP contribution in [0.4, 0.5) is 13.2 Å². The van der Waals surface area contributed by atoms with Gasteiger partial charge < -0.3 is 13.9 Å². The Morgan fingerprint density at radius 2 is 1.81 bits per heavy atom. The molecule has 1 fully saturated rings. The number of aromatic nitrogens is 2. The first kappa shape index (κ1) is 32.3. The zero-order valence-electron chi connectivity index (χ0n) is 26.2. The zero-order chi connectivity index (χ0) is 31.0. The molecule has 0 amide bonds. The van der Waals surface area contributed by atoms with Crippen LogP contribution in [0.3, 0.4) is 0 Å². The Labute approximate surface area is 263 Å². The van der Waals surface area contributed by atoms with E-state index in [2.05, 4.69) is 89.1 Å². The second-order valence-corrected chi connectivity index (χ2v) is 21.1. The van der Waals surface area contributed by atoms with Gasteiger partial charge in [-0.3, -0.25) is 9.97 Å². The molecule has 2 aliphatic heterocycles. The van der Waals surface area contributed by atoms with Crippen molar-refractivity contribution in [1.82, 2.24) is 9.97 Å². The first-order valence-corrected chi connectivity index (χ1v) is 19.1. The minimum Gasteiger partial charge on any atom is -0.410 e. The molecular formula is C32H44F3IN2O3Si. The van der Waals surface area contributed by atoms with Crippen LogP contribution in [0, 0.1) is 5.41 Å². The molecule has 0 aromatic carbocycles. The lowest BCUT2D eigenvalue weighted by Gasteiger charge is -2.47. The Morgan fingerprint density at radius 1 is 1.12 bits per heavy atom. The van der Waals surface area contributed by atoms with E-state index in [1.54, 1.807) is 0 Å². The predicted octanol–water partition coefficient (Wildman–Crippen LogP) is 9.19. The van der Waals surface area contributed by atoms with Crippen LogP contribution in [0.25, 0.3) is 0 Å². The summed E-state index contributed by atoms with van der Waals surface area (Å²) in [5.74, 6) is 0.0880. The Morgan fingerprint density at radius 3 is 2.36 bits per heavy atom. The fourth-order valence-electron chi connectivity index (χ4n) is 6.50. The molecule has 0 radical (unpaired) electrons. The normalized spacial score (nSPS) is 27.8. The van der Waals surface area contributed by atoms with E-state index in [0.717, 1.165) is 47.0 Å². The number of halogens is 4. The van der Waals surface area contributed by atoms with Crippen LogP contribution < -0.4 is 0 Å². The van der Waals surface area contributed by atoms with Crippen molar-refractivity contribution in [1.29, 1.82) is 0 Å². The van der Waals surface area contributed by atoms with Gasteiger partial charge in [0.25, 0.3) is 0 Å². The molecule has 5 nitrogen and oxygen atoms in total. The summed E-state index contributed by atoms with van der Waals surface area (Å²) >= 11 is 2.45. The molecule has 232 valence electrons. The van der Waals surface area contributed by atoms with Gasteiger partial charge >= 0.3 is 6.18 Å². The van der Waals surface area contributed by atoms with E-state index >= 15 is 0 Å². The number of alkyl halides is 4. The molecule has 3 aliphatic rings. The highest BCUT2D eigenvalue weighted by Gasteiger charge is 2.57. The molecule has 1 spiro atoms. The number of rotatable bonds is 4. The Balaban J connectivity index is 1.79. The van der Waals surface area contributed by atoms with Crippen molar-refractivity contribution < 1.29 is 27.1 Å². The third-order valence-electron chi connectivity index (χ3n) is 9.66. The van der Waals surface area contributed by atoms with Crippen molar-refractivity contribution >= 4 is 30.9 Å². The average Bonchev–Trinajstić information content (AvgIpc) is 3.18. The summed E-state index contributed by atoms with van der Waals surface area (Å²) in [4.78, 5) is 9.20. The maximum absolute atomic E-state index is 13.4. The maximum Gasteiger partial charge on any atom is 0.433 e. The molecule has 2 unspecified atom stereocenters. The van der Waals surface area contributed by atoms with Crippen molar-refractivity contribution in [3.8, 4) is 0 Å². The highest BCUT2D eigenvalue weighted by Crippen LogP contribution is 2.60. The van der Waals surface area contributed by atoms with Crippen LogP contribution in [0.1, 0.15) is 119 Å². The number of fused-ring (bicyclic) bond motifs is 4. The van der Waals surface area contributed by atoms with E-state index in [4.69, 9.17) is 18.9 Å². The second kappa shape index (κ2) is 10.8. The van der Waals surface area contributed by atoms with Gasteiger partial charge in [-0.25, -0.2) is 0 Å². The van der Waals surface area contributed by atoms with Crippen LogP contribution in [0.2, 0.25) is 18.1 Å². The molecule has 4 heterocycles. The first-order valence-electron chi connectivity index (χ1n) is 14.9. The number of pyridine rings is 2. The fourth-order valence-corrected chi connectivity index (χ4v) is 8.79. The quantitative estimate of drug-likeness (QED) is 0.180. The highest BCUT2D eigenvalue weighted by molar-refractivity contribution is 14.1. The van der Waals surface area contributed by atoms with E-state index in [0.29, 0.717) is 25.2 Å². The lowest BCUT2D eigenvalue weighted by atomic mass is 9.70. The average molecular weight is 717 g/mol. The van der Waals surface area contributed by atoms with Crippen LogP contribution in [0.15, 0.2) is 18.3 Å². The van der Waals surface area contributed by atoms with Crippen molar-refractivity contribution in [2.75, 3.05) is 13.2 Å². The van der Waals surface area contributed by atoms with Gasteiger partial charge in [-0.15, -0.1) is 0 Å². The molecule has 2 aromatic heterocycles. The molecule has 5 rings (SSSR count). The maximum atomic E-state index is 13.4. The van der Waals surface area contributed by atoms with Crippen LogP contribution >= 0.6 is 22.6 Å². The molecule has 0 N–H and O–H groups in total. The van der Waals surface area contributed by atoms with Crippen molar-refractivity contribution in [2.45, 2.75) is 120 Å². The third kappa shape index (κ3) is 5.60. The van der Waals surface area contributed by atoms with Gasteiger partial charge in [0.15, 0.2) is 8.32 Å². The molecular weight excluding hydrogens is 672 g/mol. The number of hydrogen-bond acceptors (Lipinski definition) is 5. The van der Waals surface area contributed by atoms with Gasteiger partial charge in [-0.1, -0.05) is 77.1 Å². The lowest BCUT2D eigenvalue weighted by molar-refractivity contribution is -0.141. The monoisotopic (exact) mass is 716 g/mol. The van der Waals surface area contributed by atoms with E-state index in [-0.39, 0.29) is 26.4 Å². The molecule has 0 bridgehead atoms. The van der Waals surface area contributed by atoms with Gasteiger partial charge in [-0.2, -0.15) is 13.2 Å². The summed E-state index contributed by atoms with van der Waals surface area (Å²) in [7, 11) is -2.19. The van der Waals surface area contributed by atoms with Crippen LogP contribution in [-0.2, 0) is 32.1 Å². The van der Waals surface area contributed by atoms with Crippen molar-refractivity contribution in [2.24, 2.45) is 5.41 Å². The molecule has 0 saturated carbocycles. The summed E-state index contributed by atoms with van der Waals surface area (Å²) < 4.78 is 60.6. The largest absolute Gasteiger partial charge is 0.433 e. The van der Waals surface area contributed by atoms with Gasteiger partial charge in [0, 0.05) is 52.9 Å². The molecule has 2 aromatic rings. The summed E-state index contributed by atoms with van der Waals surface area (Å²) in [6.07, 6.45) is -1.55. The van der Waals surface area contributed by atoms with E-state index in [1.807, 2.05) is 0 Å². The summed E-state index contributed by atoms with van der Waals surface area (Å²) in [6, 6.07) is 2.57. The fraction of sp³-hybridized carbons (Fsp3) is 0.688. The number of nitrogens with zero attached hydrogens (tertiary/aromatic N) is 2. The molecule has 10 heteroatoms. The first-order chi connectivity index (χ1) is 19.3. The SMILES string of the molecule is CC(C)c1nc2c(c3c1[C@@H](c1ccc(C(F)(F)F)nc1)OC31CCOCC1I)[C@@H](O[Si](C)(C)C(C)(C)C)CC(C)(C)C2. The van der Waals surface area contributed by atoms with Gasteiger partial charge in [0.2, 0.25) is 0 Å². The van der Waals surface area contributed by atoms with E-state index in [1.165, 1.54) is 12.3 Å². The lowest BCUT2D eigenvalue weighted by Crippen LogP contribution is -2.47. The van der Waals surface area contributed by atoms with E-state index in [9.17, 15) is 13.2 Å². The van der Waals surface area contributed by atoms with E-state index < -0.39 is 31.9 Å². The van der Waals surface area contributed by atoms with Gasteiger partial charge in [-0.05, 0) is 48.4 Å². The Kier molecular flexibility index (Phi) is 8.29. The minimum atomic E-state index is -4.51. The topological polar surface area (TPSA) is 53.5 Å². The number of ether oxygens (including phenoxy) is 2. The Hall–Kier alpha value is -1.08. The van der Waals surface area contributed by atoms with Gasteiger partial charge in [0.1, 0.15) is 17.4 Å².